The van der Waals surface area contributed by atoms with E-state index in [1.807, 2.05) is 31.2 Å². The maximum Gasteiger partial charge on any atom is 0.123 e. The van der Waals surface area contributed by atoms with Gasteiger partial charge in [0.15, 0.2) is 0 Å². The molecule has 0 fully saturated rings. The molecule has 2 N–H and O–H groups in total. The van der Waals surface area contributed by atoms with Crippen LogP contribution in [0.5, 0.6) is 0 Å². The molecule has 21 heavy (non-hydrogen) atoms. The van der Waals surface area contributed by atoms with Crippen molar-refractivity contribution in [2.45, 2.75) is 13.0 Å². The molecule has 0 aliphatic heterocycles. The van der Waals surface area contributed by atoms with Crippen molar-refractivity contribution in [2.75, 3.05) is 0 Å². The molecule has 0 aliphatic rings. The molecule has 0 saturated heterocycles. The number of aryl methyl sites for hydroxylation is 1. The lowest BCUT2D eigenvalue weighted by molar-refractivity contribution is 0.625. The maximum atomic E-state index is 13.3. The third kappa shape index (κ3) is 2.59. The Morgan fingerprint density at radius 2 is 1.62 bits per heavy atom. The number of nitrogens with two attached hydrogens (primary N) is 1. The van der Waals surface area contributed by atoms with Gasteiger partial charge in [-0.3, -0.25) is 0 Å². The SMILES string of the molecule is Cc1cc(F)ccc1C(N)c1ccc(Br)c2ccccc12. The molecule has 106 valence electrons. The first-order valence-corrected chi connectivity index (χ1v) is 7.56. The van der Waals surface area contributed by atoms with Gasteiger partial charge in [0.05, 0.1) is 6.04 Å². The van der Waals surface area contributed by atoms with Gasteiger partial charge in [-0.25, -0.2) is 4.39 Å². The van der Waals surface area contributed by atoms with E-state index in [2.05, 4.69) is 28.1 Å². The number of rotatable bonds is 2. The van der Waals surface area contributed by atoms with Gasteiger partial charge in [-0.05, 0) is 52.6 Å². The molecule has 1 unspecified atom stereocenters. The summed E-state index contributed by atoms with van der Waals surface area (Å²) in [5, 5.41) is 2.24. The van der Waals surface area contributed by atoms with Gasteiger partial charge >= 0.3 is 0 Å². The zero-order valence-corrected chi connectivity index (χ0v) is 13.2. The van der Waals surface area contributed by atoms with Crippen LogP contribution < -0.4 is 5.73 Å². The van der Waals surface area contributed by atoms with Gasteiger partial charge in [0.1, 0.15) is 5.82 Å². The number of fused-ring (bicyclic) bond motifs is 1. The largest absolute Gasteiger partial charge is 0.320 e. The van der Waals surface area contributed by atoms with Crippen LogP contribution in [0.2, 0.25) is 0 Å². The van der Waals surface area contributed by atoms with Crippen LogP contribution in [-0.4, -0.2) is 0 Å². The van der Waals surface area contributed by atoms with Gasteiger partial charge in [0.2, 0.25) is 0 Å². The monoisotopic (exact) mass is 343 g/mol. The predicted molar refractivity (Wildman–Crippen MR) is 88.8 cm³/mol. The zero-order chi connectivity index (χ0) is 15.0. The highest BCUT2D eigenvalue weighted by atomic mass is 79.9. The van der Waals surface area contributed by atoms with Gasteiger partial charge in [-0.15, -0.1) is 0 Å². The average Bonchev–Trinajstić information content (AvgIpc) is 2.47. The number of hydrogen-bond donors (Lipinski definition) is 1. The van der Waals surface area contributed by atoms with E-state index in [-0.39, 0.29) is 11.9 Å². The second-order valence-corrected chi connectivity index (χ2v) is 6.02. The van der Waals surface area contributed by atoms with Crippen molar-refractivity contribution >= 4 is 26.7 Å². The fourth-order valence-electron chi connectivity index (χ4n) is 2.71. The van der Waals surface area contributed by atoms with Crippen molar-refractivity contribution in [3.63, 3.8) is 0 Å². The molecule has 3 aromatic rings. The summed E-state index contributed by atoms with van der Waals surface area (Å²) in [5.41, 5.74) is 9.31. The molecular formula is C18H15BrFN. The summed E-state index contributed by atoms with van der Waals surface area (Å²) in [5.74, 6) is -0.232. The zero-order valence-electron chi connectivity index (χ0n) is 11.6. The van der Waals surface area contributed by atoms with Crippen LogP contribution in [0, 0.1) is 12.7 Å². The number of halogens is 2. The van der Waals surface area contributed by atoms with E-state index in [0.29, 0.717) is 0 Å². The third-order valence-corrected chi connectivity index (χ3v) is 4.50. The van der Waals surface area contributed by atoms with Gasteiger partial charge in [0.25, 0.3) is 0 Å². The number of benzene rings is 3. The van der Waals surface area contributed by atoms with Crippen LogP contribution >= 0.6 is 15.9 Å². The minimum atomic E-state index is -0.274. The molecule has 0 heterocycles. The van der Waals surface area contributed by atoms with Crippen molar-refractivity contribution in [2.24, 2.45) is 5.73 Å². The van der Waals surface area contributed by atoms with E-state index in [0.717, 1.165) is 31.9 Å². The molecule has 3 aromatic carbocycles. The van der Waals surface area contributed by atoms with Gasteiger partial charge in [0, 0.05) is 4.47 Å². The van der Waals surface area contributed by atoms with Gasteiger partial charge in [-0.1, -0.05) is 52.3 Å². The molecule has 3 heteroatoms. The Morgan fingerprint density at radius 3 is 2.33 bits per heavy atom. The fourth-order valence-corrected chi connectivity index (χ4v) is 3.19. The highest BCUT2D eigenvalue weighted by molar-refractivity contribution is 9.10. The Balaban J connectivity index is 2.18. The topological polar surface area (TPSA) is 26.0 Å². The molecular weight excluding hydrogens is 329 g/mol. The van der Waals surface area contributed by atoms with Gasteiger partial charge < -0.3 is 5.73 Å². The second kappa shape index (κ2) is 5.58. The van der Waals surface area contributed by atoms with Crippen LogP contribution in [0.15, 0.2) is 59.1 Å². The van der Waals surface area contributed by atoms with E-state index in [1.165, 1.54) is 12.1 Å². The van der Waals surface area contributed by atoms with E-state index >= 15 is 0 Å². The molecule has 0 aliphatic carbocycles. The molecule has 1 nitrogen and oxygen atoms in total. The van der Waals surface area contributed by atoms with Crippen LogP contribution in [0.3, 0.4) is 0 Å². The van der Waals surface area contributed by atoms with Crippen LogP contribution in [0.4, 0.5) is 4.39 Å². The molecule has 0 aromatic heterocycles. The highest BCUT2D eigenvalue weighted by Crippen LogP contribution is 2.32. The summed E-state index contributed by atoms with van der Waals surface area (Å²) in [6.07, 6.45) is 0. The Kier molecular flexibility index (Phi) is 3.79. The first-order valence-electron chi connectivity index (χ1n) is 6.76. The van der Waals surface area contributed by atoms with E-state index in [9.17, 15) is 4.39 Å². The lowest BCUT2D eigenvalue weighted by Crippen LogP contribution is -2.14. The molecule has 0 amide bonds. The quantitative estimate of drug-likeness (QED) is 0.688. The first kappa shape index (κ1) is 14.2. The van der Waals surface area contributed by atoms with Crippen LogP contribution in [0.25, 0.3) is 10.8 Å². The molecule has 0 spiro atoms. The van der Waals surface area contributed by atoms with E-state index in [4.69, 9.17) is 5.73 Å². The normalized spacial score (nSPS) is 12.6. The predicted octanol–water partition coefficient (Wildman–Crippen LogP) is 5.10. The Labute approximate surface area is 131 Å². The minimum Gasteiger partial charge on any atom is -0.320 e. The van der Waals surface area contributed by atoms with E-state index < -0.39 is 0 Å². The molecule has 0 radical (unpaired) electrons. The van der Waals surface area contributed by atoms with Crippen molar-refractivity contribution in [1.82, 2.24) is 0 Å². The summed E-state index contributed by atoms with van der Waals surface area (Å²) in [6.45, 7) is 1.89. The van der Waals surface area contributed by atoms with Crippen LogP contribution in [-0.2, 0) is 0 Å². The lowest BCUT2D eigenvalue weighted by Gasteiger charge is -2.18. The first-order chi connectivity index (χ1) is 10.1. The fraction of sp³-hybridized carbons (Fsp3) is 0.111. The number of hydrogen-bond acceptors (Lipinski definition) is 1. The van der Waals surface area contributed by atoms with Gasteiger partial charge in [-0.2, -0.15) is 0 Å². The molecule has 0 bridgehead atoms. The smallest absolute Gasteiger partial charge is 0.123 e. The second-order valence-electron chi connectivity index (χ2n) is 5.16. The Hall–Kier alpha value is -1.71. The Bertz CT molecular complexity index is 813. The maximum absolute atomic E-state index is 13.3. The van der Waals surface area contributed by atoms with E-state index in [1.54, 1.807) is 6.07 Å². The van der Waals surface area contributed by atoms with Crippen molar-refractivity contribution in [1.29, 1.82) is 0 Å². The molecule has 1 atom stereocenters. The molecule has 3 rings (SSSR count). The van der Waals surface area contributed by atoms with Crippen molar-refractivity contribution in [3.8, 4) is 0 Å². The highest BCUT2D eigenvalue weighted by Gasteiger charge is 2.15. The summed E-state index contributed by atoms with van der Waals surface area (Å²) in [7, 11) is 0. The lowest BCUT2D eigenvalue weighted by atomic mass is 9.92. The summed E-state index contributed by atoms with van der Waals surface area (Å²) in [4.78, 5) is 0. The van der Waals surface area contributed by atoms with Crippen LogP contribution in [0.1, 0.15) is 22.7 Å². The summed E-state index contributed by atoms with van der Waals surface area (Å²) < 4.78 is 14.3. The summed E-state index contributed by atoms with van der Waals surface area (Å²) >= 11 is 3.57. The Morgan fingerprint density at radius 1 is 0.952 bits per heavy atom. The van der Waals surface area contributed by atoms with Crippen molar-refractivity contribution in [3.05, 3.63) is 81.6 Å². The summed E-state index contributed by atoms with van der Waals surface area (Å²) in [6, 6.07) is 16.7. The van der Waals surface area contributed by atoms with Crippen molar-refractivity contribution < 1.29 is 4.39 Å². The molecule has 0 saturated carbocycles. The standard InChI is InChI=1S/C18H15BrFN/c1-11-10-12(20)6-7-13(11)18(21)16-8-9-17(19)15-5-3-2-4-14(15)16/h2-10,18H,21H2,1H3. The minimum absolute atomic E-state index is 0.232. The third-order valence-electron chi connectivity index (χ3n) is 3.81. The average molecular weight is 344 g/mol.